The van der Waals surface area contributed by atoms with Crippen LogP contribution in [-0.2, 0) is 9.53 Å². The first-order valence-corrected chi connectivity index (χ1v) is 6.69. The molecule has 0 radical (unpaired) electrons. The maximum Gasteiger partial charge on any atom is 0.343 e. The zero-order chi connectivity index (χ0) is 17.1. The zero-order valence-corrected chi connectivity index (χ0v) is 12.1. The van der Waals surface area contributed by atoms with Gasteiger partial charge < -0.3 is 20.1 Å². The van der Waals surface area contributed by atoms with Gasteiger partial charge in [-0.15, -0.1) is 0 Å². The molecule has 23 heavy (non-hydrogen) atoms. The minimum Gasteiger partial charge on any atom is -0.481 e. The molecule has 1 unspecified atom stereocenters. The predicted molar refractivity (Wildman–Crippen MR) is 74.0 cm³/mol. The highest BCUT2D eigenvalue weighted by Gasteiger charge is 2.31. The van der Waals surface area contributed by atoms with Crippen molar-refractivity contribution in [2.45, 2.75) is 6.42 Å². The van der Waals surface area contributed by atoms with Crippen LogP contribution in [0.5, 0.6) is 0 Å². The number of nitrogens with zero attached hydrogens (tertiary/aromatic N) is 1. The van der Waals surface area contributed by atoms with Crippen molar-refractivity contribution in [2.75, 3.05) is 25.5 Å². The fraction of sp³-hybridized carbons (Fsp3) is 0.357. The number of esters is 1. The average molecular weight is 328 g/mol. The van der Waals surface area contributed by atoms with Crippen LogP contribution in [0.15, 0.2) is 12.1 Å². The van der Waals surface area contributed by atoms with Crippen LogP contribution in [0.4, 0.5) is 19.3 Å². The van der Waals surface area contributed by atoms with E-state index in [1.807, 2.05) is 0 Å². The second kappa shape index (κ2) is 6.59. The van der Waals surface area contributed by atoms with Crippen molar-refractivity contribution in [2.24, 2.45) is 5.92 Å². The molecule has 1 aliphatic heterocycles. The van der Waals surface area contributed by atoms with Crippen LogP contribution in [-0.4, -0.2) is 48.2 Å². The van der Waals surface area contributed by atoms with E-state index in [1.54, 1.807) is 0 Å². The van der Waals surface area contributed by atoms with Crippen molar-refractivity contribution in [3.05, 3.63) is 29.3 Å². The lowest BCUT2D eigenvalue weighted by molar-refractivity contribution is -0.141. The molecule has 1 heterocycles. The summed E-state index contributed by atoms with van der Waals surface area (Å²) in [7, 11) is 0.989. The summed E-state index contributed by atoms with van der Waals surface area (Å²) in [6.45, 7) is 0.250. The molecule has 0 aliphatic carbocycles. The Morgan fingerprint density at radius 2 is 1.91 bits per heavy atom. The largest absolute Gasteiger partial charge is 0.481 e. The van der Waals surface area contributed by atoms with Crippen LogP contribution in [0.3, 0.4) is 0 Å². The molecular weight excluding hydrogens is 314 g/mol. The second-order valence-corrected chi connectivity index (χ2v) is 5.01. The number of anilines is 1. The smallest absolute Gasteiger partial charge is 0.343 e. The Morgan fingerprint density at radius 1 is 1.30 bits per heavy atom. The fourth-order valence-corrected chi connectivity index (χ4v) is 2.29. The molecule has 2 rings (SSSR count). The van der Waals surface area contributed by atoms with Crippen molar-refractivity contribution < 1.29 is 33.0 Å². The Labute approximate surface area is 129 Å². The third-order valence-corrected chi connectivity index (χ3v) is 3.51. The Kier molecular flexibility index (Phi) is 4.77. The van der Waals surface area contributed by atoms with E-state index < -0.39 is 41.1 Å². The van der Waals surface area contributed by atoms with Crippen molar-refractivity contribution >= 4 is 23.7 Å². The summed E-state index contributed by atoms with van der Waals surface area (Å²) in [5, 5.41) is 11.2. The van der Waals surface area contributed by atoms with Gasteiger partial charge in [0.2, 0.25) is 0 Å². The topological polar surface area (TPSA) is 95.9 Å². The molecule has 1 atom stereocenters. The van der Waals surface area contributed by atoms with Crippen LogP contribution >= 0.6 is 0 Å². The van der Waals surface area contributed by atoms with Gasteiger partial charge in [-0.25, -0.2) is 18.4 Å². The molecule has 9 heteroatoms. The van der Waals surface area contributed by atoms with Crippen molar-refractivity contribution in [3.63, 3.8) is 0 Å². The maximum absolute atomic E-state index is 13.8. The van der Waals surface area contributed by atoms with E-state index >= 15 is 0 Å². The highest BCUT2D eigenvalue weighted by atomic mass is 19.1. The number of carboxylic acids is 1. The summed E-state index contributed by atoms with van der Waals surface area (Å²) in [5.41, 5.74) is -1.03. The van der Waals surface area contributed by atoms with Gasteiger partial charge in [-0.05, 0) is 18.6 Å². The second-order valence-electron chi connectivity index (χ2n) is 5.01. The lowest BCUT2D eigenvalue weighted by Gasteiger charge is -2.17. The number of amides is 2. The van der Waals surface area contributed by atoms with Crippen molar-refractivity contribution in [3.8, 4) is 0 Å². The first-order valence-electron chi connectivity index (χ1n) is 6.69. The number of nitrogens with one attached hydrogen (secondary N) is 1. The molecule has 0 spiro atoms. The lowest BCUT2D eigenvalue weighted by Crippen LogP contribution is -2.33. The first kappa shape index (κ1) is 16.7. The number of hydrogen-bond donors (Lipinski definition) is 2. The molecule has 7 nitrogen and oxygen atoms in total. The van der Waals surface area contributed by atoms with Gasteiger partial charge in [-0.2, -0.15) is 0 Å². The summed E-state index contributed by atoms with van der Waals surface area (Å²) in [5.74, 6) is -5.16. The van der Waals surface area contributed by atoms with Crippen molar-refractivity contribution in [1.82, 2.24) is 4.90 Å². The molecule has 2 amide bonds. The van der Waals surface area contributed by atoms with Gasteiger partial charge in [0.15, 0.2) is 0 Å². The van der Waals surface area contributed by atoms with Gasteiger partial charge in [0.25, 0.3) is 0 Å². The number of carbonyl (C=O) groups excluding carboxylic acids is 2. The molecule has 124 valence electrons. The molecule has 1 fully saturated rings. The highest BCUT2D eigenvalue weighted by molar-refractivity contribution is 5.93. The number of likely N-dealkylation sites (tertiary alicyclic amines) is 1. The van der Waals surface area contributed by atoms with Crippen LogP contribution in [0, 0.1) is 17.6 Å². The van der Waals surface area contributed by atoms with E-state index in [0.29, 0.717) is 6.42 Å². The summed E-state index contributed by atoms with van der Waals surface area (Å²) in [6, 6.07) is 0.911. The number of urea groups is 1. The predicted octanol–water partition coefficient (Wildman–Crippen LogP) is 1.69. The van der Waals surface area contributed by atoms with Gasteiger partial charge in [-0.1, -0.05) is 0 Å². The van der Waals surface area contributed by atoms with E-state index in [-0.39, 0.29) is 18.8 Å². The van der Waals surface area contributed by atoms with Crippen molar-refractivity contribution in [1.29, 1.82) is 0 Å². The minimum atomic E-state index is -1.17. The Morgan fingerprint density at radius 3 is 2.39 bits per heavy atom. The fourth-order valence-electron chi connectivity index (χ4n) is 2.29. The van der Waals surface area contributed by atoms with E-state index in [1.165, 1.54) is 4.90 Å². The van der Waals surface area contributed by atoms with Crippen LogP contribution in [0.2, 0.25) is 0 Å². The molecule has 0 aromatic heterocycles. The quantitative estimate of drug-likeness (QED) is 0.823. The maximum atomic E-state index is 13.8. The molecular formula is C14H14F2N2O5. The summed E-state index contributed by atoms with van der Waals surface area (Å²) in [4.78, 5) is 35.3. The number of carboxylic acid groups (broad SMARTS) is 1. The Hall–Kier alpha value is -2.71. The normalized spacial score (nSPS) is 17.0. The molecule has 1 aromatic carbocycles. The first-order chi connectivity index (χ1) is 10.8. The van der Waals surface area contributed by atoms with Crippen LogP contribution in [0.1, 0.15) is 16.8 Å². The number of hydrogen-bond acceptors (Lipinski definition) is 4. The van der Waals surface area contributed by atoms with Gasteiger partial charge in [0, 0.05) is 18.8 Å². The molecule has 1 saturated heterocycles. The minimum absolute atomic E-state index is 0.0202. The van der Waals surface area contributed by atoms with Gasteiger partial charge in [0.05, 0.1) is 13.0 Å². The van der Waals surface area contributed by atoms with Crippen LogP contribution in [0.25, 0.3) is 0 Å². The number of aliphatic carboxylic acids is 1. The molecule has 0 bridgehead atoms. The van der Waals surface area contributed by atoms with E-state index in [9.17, 15) is 23.2 Å². The molecule has 1 aromatic rings. The number of benzene rings is 1. The van der Waals surface area contributed by atoms with E-state index in [4.69, 9.17) is 5.11 Å². The number of carbonyl (C=O) groups is 3. The number of rotatable bonds is 3. The third-order valence-electron chi connectivity index (χ3n) is 3.51. The van der Waals surface area contributed by atoms with Gasteiger partial charge in [-0.3, -0.25) is 4.79 Å². The third kappa shape index (κ3) is 3.55. The SMILES string of the molecule is COC(=O)c1c(F)cc(NC(=O)N2CCC(C(=O)O)C2)cc1F. The summed E-state index contributed by atoms with van der Waals surface area (Å²) < 4.78 is 31.8. The summed E-state index contributed by atoms with van der Waals surface area (Å²) in [6.07, 6.45) is 0.312. The Bertz CT molecular complexity index is 642. The Balaban J connectivity index is 2.10. The van der Waals surface area contributed by atoms with E-state index in [0.717, 1.165) is 19.2 Å². The lowest BCUT2D eigenvalue weighted by atomic mass is 10.1. The monoisotopic (exact) mass is 328 g/mol. The average Bonchev–Trinajstić information content (AvgIpc) is 2.96. The van der Waals surface area contributed by atoms with Crippen LogP contribution < -0.4 is 5.32 Å². The van der Waals surface area contributed by atoms with Gasteiger partial charge in [0.1, 0.15) is 17.2 Å². The van der Waals surface area contributed by atoms with Gasteiger partial charge >= 0.3 is 18.0 Å². The molecule has 2 N–H and O–H groups in total. The zero-order valence-electron chi connectivity index (χ0n) is 12.1. The standard InChI is InChI=1S/C14H14F2N2O5/c1-23-13(21)11-9(15)4-8(5-10(11)16)17-14(22)18-3-2-7(6-18)12(19)20/h4-5,7H,2-3,6H2,1H3,(H,17,22)(H,19,20). The summed E-state index contributed by atoms with van der Waals surface area (Å²) >= 11 is 0. The highest BCUT2D eigenvalue weighted by Crippen LogP contribution is 2.22. The number of methoxy groups -OCH3 is 1. The van der Waals surface area contributed by atoms with E-state index in [2.05, 4.69) is 10.1 Å². The number of ether oxygens (including phenoxy) is 1. The molecule has 0 saturated carbocycles. The molecule has 1 aliphatic rings. The number of halogens is 2.